The molecule has 22 heavy (non-hydrogen) atoms. The zero-order valence-electron chi connectivity index (χ0n) is 13.6. The Bertz CT molecular complexity index is 634. The second kappa shape index (κ2) is 4.72. The van der Waals surface area contributed by atoms with E-state index < -0.39 is 6.10 Å². The molecule has 0 bridgehead atoms. The van der Waals surface area contributed by atoms with E-state index in [0.717, 1.165) is 12.0 Å². The van der Waals surface area contributed by atoms with Gasteiger partial charge in [-0.05, 0) is 41.2 Å². The number of methoxy groups -OCH3 is 1. The molecule has 1 unspecified atom stereocenters. The van der Waals surface area contributed by atoms with Crippen molar-refractivity contribution in [2.45, 2.75) is 51.6 Å². The van der Waals surface area contributed by atoms with Gasteiger partial charge in [-0.1, -0.05) is 26.8 Å². The van der Waals surface area contributed by atoms with Gasteiger partial charge in [-0.15, -0.1) is 0 Å². The lowest BCUT2D eigenvalue weighted by Gasteiger charge is -2.55. The van der Waals surface area contributed by atoms with Crippen LogP contribution < -0.4 is 4.74 Å². The first kappa shape index (κ1) is 15.3. The summed E-state index contributed by atoms with van der Waals surface area (Å²) in [4.78, 5) is 12.7. The smallest absolute Gasteiger partial charge is 0.168 e. The van der Waals surface area contributed by atoms with Crippen molar-refractivity contribution in [3.8, 4) is 11.5 Å². The Morgan fingerprint density at radius 3 is 2.59 bits per heavy atom. The quantitative estimate of drug-likeness (QED) is 0.837. The van der Waals surface area contributed by atoms with Gasteiger partial charge >= 0.3 is 0 Å². The number of aliphatic hydroxyl groups excluding tert-OH is 1. The van der Waals surface area contributed by atoms with Gasteiger partial charge in [0.25, 0.3) is 0 Å². The van der Waals surface area contributed by atoms with Gasteiger partial charge in [-0.3, -0.25) is 4.79 Å². The SMILES string of the molecule is COc1ccc2c(c1O)C(=O)CC1C(C)(C)[C@@H](O)CC[C@]21C. The van der Waals surface area contributed by atoms with Crippen LogP contribution in [0.1, 0.15) is 56.0 Å². The van der Waals surface area contributed by atoms with Crippen LogP contribution in [0.4, 0.5) is 0 Å². The average Bonchev–Trinajstić information content (AvgIpc) is 2.47. The van der Waals surface area contributed by atoms with E-state index in [0.29, 0.717) is 24.2 Å². The van der Waals surface area contributed by atoms with E-state index in [4.69, 9.17) is 4.74 Å². The highest BCUT2D eigenvalue weighted by Gasteiger charge is 2.55. The minimum Gasteiger partial charge on any atom is -0.504 e. The standard InChI is InChI=1S/C18H24O4/c1-17(2)13-9-11(19)15-10(5-6-12(22-4)16(15)21)18(13,3)8-7-14(17)20/h5-6,13-14,20-21H,7-9H2,1-4H3/t13?,14-,18+/m0/s1. The van der Waals surface area contributed by atoms with Crippen molar-refractivity contribution in [2.24, 2.45) is 11.3 Å². The summed E-state index contributed by atoms with van der Waals surface area (Å²) >= 11 is 0. The van der Waals surface area contributed by atoms with Crippen LogP contribution in [-0.2, 0) is 5.41 Å². The van der Waals surface area contributed by atoms with E-state index in [-0.39, 0.29) is 28.3 Å². The summed E-state index contributed by atoms with van der Waals surface area (Å²) in [5.74, 6) is 0.297. The van der Waals surface area contributed by atoms with Gasteiger partial charge in [0, 0.05) is 6.42 Å². The van der Waals surface area contributed by atoms with Crippen molar-refractivity contribution >= 4 is 5.78 Å². The van der Waals surface area contributed by atoms with Gasteiger partial charge in [0.15, 0.2) is 17.3 Å². The van der Waals surface area contributed by atoms with Crippen LogP contribution in [0.2, 0.25) is 0 Å². The van der Waals surface area contributed by atoms with E-state index in [2.05, 4.69) is 6.92 Å². The van der Waals surface area contributed by atoms with Gasteiger partial charge in [0.05, 0.1) is 18.8 Å². The van der Waals surface area contributed by atoms with Crippen LogP contribution in [0, 0.1) is 11.3 Å². The number of hydrogen-bond donors (Lipinski definition) is 2. The van der Waals surface area contributed by atoms with Gasteiger partial charge in [0.2, 0.25) is 0 Å². The first-order valence-corrected chi connectivity index (χ1v) is 7.85. The molecule has 2 aliphatic carbocycles. The lowest BCUT2D eigenvalue weighted by Crippen LogP contribution is -2.54. The molecule has 2 N–H and O–H groups in total. The van der Waals surface area contributed by atoms with Crippen LogP contribution in [0.3, 0.4) is 0 Å². The highest BCUT2D eigenvalue weighted by atomic mass is 16.5. The average molecular weight is 304 g/mol. The molecular weight excluding hydrogens is 280 g/mol. The lowest BCUT2D eigenvalue weighted by molar-refractivity contribution is -0.0688. The highest BCUT2D eigenvalue weighted by molar-refractivity contribution is 6.02. The molecule has 0 amide bonds. The van der Waals surface area contributed by atoms with Crippen molar-refractivity contribution in [3.05, 3.63) is 23.3 Å². The summed E-state index contributed by atoms with van der Waals surface area (Å²) in [5.41, 5.74) is 0.767. The molecule has 1 fully saturated rings. The fraction of sp³-hybridized carbons (Fsp3) is 0.611. The number of aliphatic hydroxyl groups is 1. The number of carbonyl (C=O) groups excluding carboxylic acids is 1. The zero-order chi connectivity index (χ0) is 16.3. The van der Waals surface area contributed by atoms with E-state index in [1.807, 2.05) is 19.9 Å². The van der Waals surface area contributed by atoms with Crippen molar-refractivity contribution in [2.75, 3.05) is 7.11 Å². The molecule has 1 aromatic carbocycles. The van der Waals surface area contributed by atoms with Crippen molar-refractivity contribution in [3.63, 3.8) is 0 Å². The third-order valence-corrected chi connectivity index (χ3v) is 6.11. The largest absolute Gasteiger partial charge is 0.504 e. The van der Waals surface area contributed by atoms with Gasteiger partial charge in [0.1, 0.15) is 0 Å². The zero-order valence-corrected chi connectivity index (χ0v) is 13.6. The molecule has 4 heteroatoms. The molecule has 0 spiro atoms. The Morgan fingerprint density at radius 1 is 1.27 bits per heavy atom. The Balaban J connectivity index is 2.21. The first-order valence-electron chi connectivity index (χ1n) is 7.85. The third kappa shape index (κ3) is 1.83. The van der Waals surface area contributed by atoms with Crippen LogP contribution in [0.15, 0.2) is 12.1 Å². The van der Waals surface area contributed by atoms with E-state index in [1.165, 1.54) is 7.11 Å². The Kier molecular flexibility index (Phi) is 3.29. The summed E-state index contributed by atoms with van der Waals surface area (Å²) in [7, 11) is 1.49. The minimum atomic E-state index is -0.397. The number of fused-ring (bicyclic) bond motifs is 3. The molecule has 120 valence electrons. The van der Waals surface area contributed by atoms with Gasteiger partial charge < -0.3 is 14.9 Å². The summed E-state index contributed by atoms with van der Waals surface area (Å²) in [6.45, 7) is 6.24. The number of ketones is 1. The number of aromatic hydroxyl groups is 1. The third-order valence-electron chi connectivity index (χ3n) is 6.11. The van der Waals surface area contributed by atoms with Crippen LogP contribution in [0.25, 0.3) is 0 Å². The summed E-state index contributed by atoms with van der Waals surface area (Å²) in [5, 5.41) is 20.8. The Labute approximate surface area is 131 Å². The molecule has 0 aromatic heterocycles. The minimum absolute atomic E-state index is 0.0476. The number of phenolic OH excluding ortho intramolecular Hbond substituents is 1. The monoisotopic (exact) mass is 304 g/mol. The lowest BCUT2D eigenvalue weighted by atomic mass is 9.49. The van der Waals surface area contributed by atoms with Crippen LogP contribution in [0.5, 0.6) is 11.5 Å². The number of benzene rings is 1. The molecule has 0 radical (unpaired) electrons. The normalized spacial score (nSPS) is 33.0. The molecule has 2 aliphatic rings. The maximum atomic E-state index is 12.7. The molecule has 0 heterocycles. The second-order valence-electron chi connectivity index (χ2n) is 7.51. The topological polar surface area (TPSA) is 66.8 Å². The molecule has 0 saturated heterocycles. The summed E-state index contributed by atoms with van der Waals surface area (Å²) < 4.78 is 5.14. The molecule has 0 aliphatic heterocycles. The predicted molar refractivity (Wildman–Crippen MR) is 83.5 cm³/mol. The fourth-order valence-corrected chi connectivity index (χ4v) is 4.63. The maximum Gasteiger partial charge on any atom is 0.168 e. The van der Waals surface area contributed by atoms with Gasteiger partial charge in [-0.2, -0.15) is 0 Å². The Morgan fingerprint density at radius 2 is 1.95 bits per heavy atom. The predicted octanol–water partition coefficient (Wildman–Crippen LogP) is 3.04. The van der Waals surface area contributed by atoms with E-state index in [1.54, 1.807) is 6.07 Å². The van der Waals surface area contributed by atoms with Crippen molar-refractivity contribution in [1.29, 1.82) is 0 Å². The molecule has 3 atom stereocenters. The van der Waals surface area contributed by atoms with E-state index in [9.17, 15) is 15.0 Å². The molecule has 1 saturated carbocycles. The van der Waals surface area contributed by atoms with Crippen molar-refractivity contribution in [1.82, 2.24) is 0 Å². The number of phenols is 1. The van der Waals surface area contributed by atoms with Crippen LogP contribution in [-0.4, -0.2) is 29.2 Å². The molecular formula is C18H24O4. The highest BCUT2D eigenvalue weighted by Crippen LogP contribution is 2.58. The number of carbonyl (C=O) groups is 1. The fourth-order valence-electron chi connectivity index (χ4n) is 4.63. The molecule has 1 aromatic rings. The van der Waals surface area contributed by atoms with E-state index >= 15 is 0 Å². The number of Topliss-reactive ketones (excluding diaryl/α,β-unsaturated/α-hetero) is 1. The Hall–Kier alpha value is -1.55. The number of hydrogen-bond acceptors (Lipinski definition) is 4. The number of ether oxygens (including phenoxy) is 1. The first-order chi connectivity index (χ1) is 10.2. The molecule has 4 nitrogen and oxygen atoms in total. The summed E-state index contributed by atoms with van der Waals surface area (Å²) in [6.07, 6.45) is 1.48. The molecule has 3 rings (SSSR count). The maximum absolute atomic E-state index is 12.7. The van der Waals surface area contributed by atoms with Crippen LogP contribution >= 0.6 is 0 Å². The van der Waals surface area contributed by atoms with Gasteiger partial charge in [-0.25, -0.2) is 0 Å². The second-order valence-corrected chi connectivity index (χ2v) is 7.51. The number of rotatable bonds is 1. The summed E-state index contributed by atoms with van der Waals surface area (Å²) in [6, 6.07) is 3.64. The van der Waals surface area contributed by atoms with Crippen molar-refractivity contribution < 1.29 is 19.7 Å².